The maximum Gasteiger partial charge on any atom is 0.244 e. The Balaban J connectivity index is 2.31. The van der Waals surface area contributed by atoms with E-state index in [1.165, 1.54) is 0 Å². The number of hydrogen-bond donors (Lipinski definition) is 1. The van der Waals surface area contributed by atoms with Gasteiger partial charge in [-0.1, -0.05) is 13.3 Å². The molecule has 1 aliphatic heterocycles. The van der Waals surface area contributed by atoms with E-state index in [0.717, 1.165) is 12.8 Å². The van der Waals surface area contributed by atoms with Gasteiger partial charge in [0.2, 0.25) is 10.0 Å². The quantitative estimate of drug-likeness (QED) is 0.904. The molecule has 2 heterocycles. The summed E-state index contributed by atoms with van der Waals surface area (Å²) >= 11 is 0. The molecule has 6 heteroatoms. The summed E-state index contributed by atoms with van der Waals surface area (Å²) in [5.74, 6) is 0.467. The van der Waals surface area contributed by atoms with Gasteiger partial charge in [-0.05, 0) is 32.3 Å². The SMILES string of the molecule is CCC1CCN(S(=O)(=O)c2cc(CO)n(C(C)C)c2)C1. The van der Waals surface area contributed by atoms with E-state index in [2.05, 4.69) is 6.92 Å². The molecule has 1 N–H and O–H groups in total. The predicted molar refractivity (Wildman–Crippen MR) is 77.9 cm³/mol. The molecule has 0 spiro atoms. The fourth-order valence-corrected chi connectivity index (χ4v) is 4.33. The lowest BCUT2D eigenvalue weighted by atomic mass is 10.1. The minimum Gasteiger partial charge on any atom is -0.390 e. The highest BCUT2D eigenvalue weighted by Crippen LogP contribution is 2.28. The van der Waals surface area contributed by atoms with Crippen LogP contribution in [-0.2, 0) is 16.6 Å². The summed E-state index contributed by atoms with van der Waals surface area (Å²) in [6.45, 7) is 7.10. The second kappa shape index (κ2) is 5.87. The number of hydrogen-bond acceptors (Lipinski definition) is 3. The minimum atomic E-state index is -3.43. The zero-order chi connectivity index (χ0) is 14.9. The van der Waals surface area contributed by atoms with Crippen LogP contribution in [-0.4, -0.2) is 35.5 Å². The van der Waals surface area contributed by atoms with E-state index in [1.807, 2.05) is 18.4 Å². The van der Waals surface area contributed by atoms with Crippen LogP contribution in [0.3, 0.4) is 0 Å². The Hall–Kier alpha value is -0.850. The van der Waals surface area contributed by atoms with E-state index >= 15 is 0 Å². The van der Waals surface area contributed by atoms with E-state index in [4.69, 9.17) is 0 Å². The first kappa shape index (κ1) is 15.5. The average molecular weight is 300 g/mol. The molecule has 0 radical (unpaired) electrons. The lowest BCUT2D eigenvalue weighted by molar-refractivity contribution is 0.268. The van der Waals surface area contributed by atoms with Crippen LogP contribution < -0.4 is 0 Å². The number of aromatic nitrogens is 1. The van der Waals surface area contributed by atoms with Crippen molar-refractivity contribution in [1.82, 2.24) is 8.87 Å². The number of sulfonamides is 1. The van der Waals surface area contributed by atoms with Crippen molar-refractivity contribution < 1.29 is 13.5 Å². The molecule has 0 saturated carbocycles. The molecule has 5 nitrogen and oxygen atoms in total. The Morgan fingerprint density at radius 1 is 1.45 bits per heavy atom. The summed E-state index contributed by atoms with van der Waals surface area (Å²) in [5.41, 5.74) is 0.643. The third-order valence-corrected chi connectivity index (χ3v) is 5.92. The van der Waals surface area contributed by atoms with E-state index in [1.54, 1.807) is 16.6 Å². The summed E-state index contributed by atoms with van der Waals surface area (Å²) in [5, 5.41) is 9.36. The molecule has 1 fully saturated rings. The molecule has 0 amide bonds. The van der Waals surface area contributed by atoms with Gasteiger partial charge in [-0.15, -0.1) is 0 Å². The fraction of sp³-hybridized carbons (Fsp3) is 0.714. The largest absolute Gasteiger partial charge is 0.390 e. The molecular weight excluding hydrogens is 276 g/mol. The van der Waals surface area contributed by atoms with Gasteiger partial charge in [0.05, 0.1) is 6.61 Å². The molecule has 20 heavy (non-hydrogen) atoms. The first-order valence-electron chi connectivity index (χ1n) is 7.21. The normalized spacial score (nSPS) is 20.9. The molecular formula is C14H24N2O3S. The lowest BCUT2D eigenvalue weighted by Crippen LogP contribution is -2.28. The average Bonchev–Trinajstić information content (AvgIpc) is 3.05. The van der Waals surface area contributed by atoms with Gasteiger partial charge in [-0.2, -0.15) is 4.31 Å². The van der Waals surface area contributed by atoms with Crippen molar-refractivity contribution in [1.29, 1.82) is 0 Å². The Labute approximate surface area is 121 Å². The molecule has 1 aromatic rings. The molecule has 1 aromatic heterocycles. The second-order valence-electron chi connectivity index (χ2n) is 5.75. The molecule has 0 bridgehead atoms. The molecule has 114 valence electrons. The Morgan fingerprint density at radius 3 is 2.60 bits per heavy atom. The van der Waals surface area contributed by atoms with Crippen LogP contribution in [0.4, 0.5) is 0 Å². The number of aliphatic hydroxyl groups excluding tert-OH is 1. The molecule has 0 aliphatic carbocycles. The molecule has 1 saturated heterocycles. The number of rotatable bonds is 5. The molecule has 1 aliphatic rings. The number of nitrogens with zero attached hydrogens (tertiary/aromatic N) is 2. The van der Waals surface area contributed by atoms with E-state index in [9.17, 15) is 13.5 Å². The van der Waals surface area contributed by atoms with Gasteiger partial charge in [0.1, 0.15) is 4.90 Å². The van der Waals surface area contributed by atoms with Crippen LogP contribution in [0, 0.1) is 5.92 Å². The topological polar surface area (TPSA) is 62.5 Å². The van der Waals surface area contributed by atoms with Crippen LogP contribution in [0.1, 0.15) is 45.3 Å². The standard InChI is InChI=1S/C14H24N2O3S/c1-4-12-5-6-15(8-12)20(18,19)14-7-13(10-17)16(9-14)11(2)3/h7,9,11-12,17H,4-6,8,10H2,1-3H3. The summed E-state index contributed by atoms with van der Waals surface area (Å²) in [7, 11) is -3.43. The predicted octanol–water partition coefficient (Wildman–Crippen LogP) is 1.98. The Kier molecular flexibility index (Phi) is 4.56. The highest BCUT2D eigenvalue weighted by atomic mass is 32.2. The second-order valence-corrected chi connectivity index (χ2v) is 7.69. The third kappa shape index (κ3) is 2.77. The van der Waals surface area contributed by atoms with Crippen LogP contribution >= 0.6 is 0 Å². The Morgan fingerprint density at radius 2 is 2.15 bits per heavy atom. The molecule has 1 unspecified atom stereocenters. The summed E-state index contributed by atoms with van der Waals surface area (Å²) in [4.78, 5) is 0.298. The van der Waals surface area contributed by atoms with Crippen molar-refractivity contribution in [2.45, 2.75) is 51.2 Å². The van der Waals surface area contributed by atoms with Crippen molar-refractivity contribution in [3.8, 4) is 0 Å². The summed E-state index contributed by atoms with van der Waals surface area (Å²) < 4.78 is 28.7. The highest BCUT2D eigenvalue weighted by Gasteiger charge is 2.32. The van der Waals surface area contributed by atoms with E-state index < -0.39 is 10.0 Å². The van der Waals surface area contributed by atoms with E-state index in [-0.39, 0.29) is 12.6 Å². The van der Waals surface area contributed by atoms with Crippen LogP contribution in [0.25, 0.3) is 0 Å². The van der Waals surface area contributed by atoms with Gasteiger partial charge in [0.25, 0.3) is 0 Å². The lowest BCUT2D eigenvalue weighted by Gasteiger charge is -2.15. The molecule has 0 aromatic carbocycles. The maximum absolute atomic E-state index is 12.6. The molecule has 1 atom stereocenters. The van der Waals surface area contributed by atoms with Gasteiger partial charge >= 0.3 is 0 Å². The first-order chi connectivity index (χ1) is 9.40. The first-order valence-corrected chi connectivity index (χ1v) is 8.65. The van der Waals surface area contributed by atoms with Crippen LogP contribution in [0.15, 0.2) is 17.2 Å². The van der Waals surface area contributed by atoms with Gasteiger partial charge in [-0.25, -0.2) is 8.42 Å². The van der Waals surface area contributed by atoms with Gasteiger partial charge in [-0.3, -0.25) is 0 Å². The molecule has 2 rings (SSSR count). The van der Waals surface area contributed by atoms with Crippen molar-refractivity contribution in [3.63, 3.8) is 0 Å². The zero-order valence-electron chi connectivity index (χ0n) is 12.4. The van der Waals surface area contributed by atoms with Crippen molar-refractivity contribution in [2.75, 3.05) is 13.1 Å². The van der Waals surface area contributed by atoms with Gasteiger partial charge < -0.3 is 9.67 Å². The van der Waals surface area contributed by atoms with Crippen molar-refractivity contribution in [3.05, 3.63) is 18.0 Å². The minimum absolute atomic E-state index is 0.128. The van der Waals surface area contributed by atoms with Gasteiger partial charge in [0.15, 0.2) is 0 Å². The van der Waals surface area contributed by atoms with E-state index in [0.29, 0.717) is 29.6 Å². The van der Waals surface area contributed by atoms with Crippen LogP contribution in [0.5, 0.6) is 0 Å². The Bertz CT molecular complexity index is 563. The van der Waals surface area contributed by atoms with Crippen LogP contribution in [0.2, 0.25) is 0 Å². The van der Waals surface area contributed by atoms with Crippen molar-refractivity contribution in [2.24, 2.45) is 5.92 Å². The summed E-state index contributed by atoms with van der Waals surface area (Å²) in [6, 6.07) is 1.72. The van der Waals surface area contributed by atoms with Crippen molar-refractivity contribution >= 4 is 10.0 Å². The maximum atomic E-state index is 12.6. The van der Waals surface area contributed by atoms with Gasteiger partial charge in [0, 0.05) is 31.0 Å². The smallest absolute Gasteiger partial charge is 0.244 e. The highest BCUT2D eigenvalue weighted by molar-refractivity contribution is 7.89. The zero-order valence-corrected chi connectivity index (χ0v) is 13.2. The monoisotopic (exact) mass is 300 g/mol. The fourth-order valence-electron chi connectivity index (χ4n) is 2.74. The third-order valence-electron chi connectivity index (χ3n) is 4.09. The summed E-state index contributed by atoms with van der Waals surface area (Å²) in [6.07, 6.45) is 3.60. The number of aliphatic hydroxyl groups is 1.